The SMILES string of the molecule is COc1c(Br)cc(/C(N)=N/O)cc1Br. The van der Waals surface area contributed by atoms with Crippen molar-refractivity contribution in [2.75, 3.05) is 7.11 Å². The highest BCUT2D eigenvalue weighted by atomic mass is 79.9. The van der Waals surface area contributed by atoms with Crippen LogP contribution >= 0.6 is 31.9 Å². The Morgan fingerprint density at radius 1 is 1.43 bits per heavy atom. The largest absolute Gasteiger partial charge is 0.494 e. The first-order valence-corrected chi connectivity index (χ1v) is 5.19. The molecule has 0 atom stereocenters. The van der Waals surface area contributed by atoms with Gasteiger partial charge in [-0.25, -0.2) is 0 Å². The van der Waals surface area contributed by atoms with Gasteiger partial charge in [-0.05, 0) is 44.0 Å². The highest BCUT2D eigenvalue weighted by molar-refractivity contribution is 9.11. The number of halogens is 2. The van der Waals surface area contributed by atoms with E-state index >= 15 is 0 Å². The molecule has 14 heavy (non-hydrogen) atoms. The Labute approximate surface area is 98.0 Å². The van der Waals surface area contributed by atoms with Gasteiger partial charge in [-0.1, -0.05) is 5.16 Å². The van der Waals surface area contributed by atoms with E-state index in [-0.39, 0.29) is 5.84 Å². The van der Waals surface area contributed by atoms with Gasteiger partial charge in [0.05, 0.1) is 16.1 Å². The van der Waals surface area contributed by atoms with Gasteiger partial charge in [0.15, 0.2) is 5.84 Å². The fourth-order valence-electron chi connectivity index (χ4n) is 0.961. The van der Waals surface area contributed by atoms with Crippen LogP contribution < -0.4 is 10.5 Å². The Hall–Kier alpha value is -0.750. The lowest BCUT2D eigenvalue weighted by Crippen LogP contribution is -2.13. The van der Waals surface area contributed by atoms with Crippen LogP contribution in [-0.4, -0.2) is 18.2 Å². The Morgan fingerprint density at radius 3 is 2.29 bits per heavy atom. The molecule has 0 radical (unpaired) electrons. The van der Waals surface area contributed by atoms with Crippen molar-refractivity contribution >= 4 is 37.7 Å². The molecule has 0 aliphatic carbocycles. The van der Waals surface area contributed by atoms with Crippen molar-refractivity contribution in [2.24, 2.45) is 10.9 Å². The van der Waals surface area contributed by atoms with Crippen molar-refractivity contribution in [1.29, 1.82) is 0 Å². The second-order valence-electron chi connectivity index (χ2n) is 2.46. The summed E-state index contributed by atoms with van der Waals surface area (Å²) in [5.41, 5.74) is 6.04. The molecule has 0 saturated heterocycles. The van der Waals surface area contributed by atoms with Crippen LogP contribution in [0.4, 0.5) is 0 Å². The molecule has 6 heteroatoms. The van der Waals surface area contributed by atoms with Crippen LogP contribution in [0.25, 0.3) is 0 Å². The fraction of sp³-hybridized carbons (Fsp3) is 0.125. The van der Waals surface area contributed by atoms with Crippen LogP contribution in [0.2, 0.25) is 0 Å². The van der Waals surface area contributed by atoms with Crippen molar-refractivity contribution in [3.8, 4) is 5.75 Å². The van der Waals surface area contributed by atoms with E-state index in [9.17, 15) is 0 Å². The molecule has 76 valence electrons. The van der Waals surface area contributed by atoms with Gasteiger partial charge in [-0.2, -0.15) is 0 Å². The third-order valence-electron chi connectivity index (χ3n) is 1.61. The van der Waals surface area contributed by atoms with Gasteiger partial charge >= 0.3 is 0 Å². The molecule has 1 rings (SSSR count). The number of benzene rings is 1. The Morgan fingerprint density at radius 2 is 1.93 bits per heavy atom. The molecule has 3 N–H and O–H groups in total. The van der Waals surface area contributed by atoms with Gasteiger partial charge in [0.2, 0.25) is 0 Å². The van der Waals surface area contributed by atoms with Crippen LogP contribution in [0, 0.1) is 0 Å². The first-order chi connectivity index (χ1) is 6.60. The number of nitrogens with zero attached hydrogens (tertiary/aromatic N) is 1. The average Bonchev–Trinajstić information content (AvgIpc) is 2.16. The molecular formula is C8H8Br2N2O2. The number of nitrogens with two attached hydrogens (primary N) is 1. The van der Waals surface area contributed by atoms with E-state index < -0.39 is 0 Å². The van der Waals surface area contributed by atoms with Gasteiger partial charge in [-0.3, -0.25) is 0 Å². The molecule has 0 bridgehead atoms. The van der Waals surface area contributed by atoms with Gasteiger partial charge < -0.3 is 15.7 Å². The maximum Gasteiger partial charge on any atom is 0.170 e. The highest BCUT2D eigenvalue weighted by Gasteiger charge is 2.09. The molecule has 1 aromatic rings. The van der Waals surface area contributed by atoms with Crippen LogP contribution in [0.1, 0.15) is 5.56 Å². The molecule has 1 aromatic carbocycles. The van der Waals surface area contributed by atoms with Crippen molar-refractivity contribution in [3.05, 3.63) is 26.6 Å². The molecule has 0 unspecified atom stereocenters. The average molecular weight is 324 g/mol. The predicted molar refractivity (Wildman–Crippen MR) is 60.9 cm³/mol. The maximum absolute atomic E-state index is 8.50. The highest BCUT2D eigenvalue weighted by Crippen LogP contribution is 2.34. The number of rotatable bonds is 2. The van der Waals surface area contributed by atoms with E-state index in [1.54, 1.807) is 19.2 Å². The molecule has 0 aliphatic rings. The summed E-state index contributed by atoms with van der Waals surface area (Å²) >= 11 is 6.62. The molecule has 0 amide bonds. The zero-order valence-electron chi connectivity index (χ0n) is 7.29. The van der Waals surface area contributed by atoms with E-state index in [0.717, 1.165) is 8.95 Å². The Bertz CT molecular complexity index is 357. The zero-order chi connectivity index (χ0) is 10.7. The molecule has 0 fully saturated rings. The monoisotopic (exact) mass is 322 g/mol. The first kappa shape index (κ1) is 11.3. The lowest BCUT2D eigenvalue weighted by Gasteiger charge is -2.07. The summed E-state index contributed by atoms with van der Waals surface area (Å²) in [7, 11) is 1.56. The minimum absolute atomic E-state index is 0.0500. The summed E-state index contributed by atoms with van der Waals surface area (Å²) in [5.74, 6) is 0.716. The molecule has 0 saturated carbocycles. The van der Waals surface area contributed by atoms with Gasteiger partial charge in [-0.15, -0.1) is 0 Å². The molecular weight excluding hydrogens is 316 g/mol. The quantitative estimate of drug-likeness (QED) is 0.380. The van der Waals surface area contributed by atoms with E-state index in [1.165, 1.54) is 0 Å². The maximum atomic E-state index is 8.50. The van der Waals surface area contributed by atoms with E-state index in [1.807, 2.05) is 0 Å². The predicted octanol–water partition coefficient (Wildman–Crippen LogP) is 2.31. The second-order valence-corrected chi connectivity index (χ2v) is 4.17. The third-order valence-corrected chi connectivity index (χ3v) is 2.78. The number of ether oxygens (including phenoxy) is 1. The summed E-state index contributed by atoms with van der Waals surface area (Å²) in [6, 6.07) is 3.41. The van der Waals surface area contributed by atoms with Crippen molar-refractivity contribution < 1.29 is 9.94 Å². The van der Waals surface area contributed by atoms with Crippen LogP contribution in [0.3, 0.4) is 0 Å². The van der Waals surface area contributed by atoms with Crippen LogP contribution in [-0.2, 0) is 0 Å². The van der Waals surface area contributed by atoms with Crippen LogP contribution in [0.5, 0.6) is 5.75 Å². The van der Waals surface area contributed by atoms with Gasteiger partial charge in [0.25, 0.3) is 0 Å². The van der Waals surface area contributed by atoms with E-state index in [0.29, 0.717) is 11.3 Å². The van der Waals surface area contributed by atoms with Crippen molar-refractivity contribution in [3.63, 3.8) is 0 Å². The summed E-state index contributed by atoms with van der Waals surface area (Å²) < 4.78 is 6.57. The number of oxime groups is 1. The Balaban J connectivity index is 3.27. The molecule has 0 aliphatic heterocycles. The number of methoxy groups -OCH3 is 1. The van der Waals surface area contributed by atoms with Crippen molar-refractivity contribution in [1.82, 2.24) is 0 Å². The van der Waals surface area contributed by atoms with Crippen molar-refractivity contribution in [2.45, 2.75) is 0 Å². The summed E-state index contributed by atoms with van der Waals surface area (Å²) in [5, 5.41) is 11.4. The van der Waals surface area contributed by atoms with Crippen LogP contribution in [0.15, 0.2) is 26.2 Å². The number of hydrogen-bond donors (Lipinski definition) is 2. The molecule has 0 heterocycles. The lowest BCUT2D eigenvalue weighted by molar-refractivity contribution is 0.318. The summed E-state index contributed by atoms with van der Waals surface area (Å²) in [6.07, 6.45) is 0. The Kier molecular flexibility index (Phi) is 3.77. The fourth-order valence-corrected chi connectivity index (χ4v) is 2.47. The minimum Gasteiger partial charge on any atom is -0.494 e. The standard InChI is InChI=1S/C8H8Br2N2O2/c1-14-7-5(9)2-4(3-6(7)10)8(11)12-13/h2-3,13H,1H3,(H2,11,12). The summed E-state index contributed by atoms with van der Waals surface area (Å²) in [6.45, 7) is 0. The number of amidine groups is 1. The van der Waals surface area contributed by atoms with E-state index in [2.05, 4.69) is 37.0 Å². The smallest absolute Gasteiger partial charge is 0.170 e. The lowest BCUT2D eigenvalue weighted by atomic mass is 10.2. The zero-order valence-corrected chi connectivity index (χ0v) is 10.5. The molecule has 0 aromatic heterocycles. The van der Waals surface area contributed by atoms with E-state index in [4.69, 9.17) is 15.7 Å². The first-order valence-electron chi connectivity index (χ1n) is 3.61. The molecule has 0 spiro atoms. The minimum atomic E-state index is 0.0500. The second kappa shape index (κ2) is 4.65. The molecule has 4 nitrogen and oxygen atoms in total. The summed E-state index contributed by atoms with van der Waals surface area (Å²) in [4.78, 5) is 0. The number of hydrogen-bond acceptors (Lipinski definition) is 3. The van der Waals surface area contributed by atoms with Gasteiger partial charge in [0.1, 0.15) is 5.75 Å². The third kappa shape index (κ3) is 2.19. The topological polar surface area (TPSA) is 67.8 Å². The normalized spacial score (nSPS) is 11.5. The van der Waals surface area contributed by atoms with Gasteiger partial charge in [0, 0.05) is 5.56 Å².